The van der Waals surface area contributed by atoms with E-state index in [9.17, 15) is 9.59 Å². The second-order valence-electron chi connectivity index (χ2n) is 4.95. The van der Waals surface area contributed by atoms with Crippen LogP contribution >= 0.6 is 12.2 Å². The summed E-state index contributed by atoms with van der Waals surface area (Å²) >= 11 is 5.06. The number of carbonyl (C=O) groups excluding carboxylic acids is 2. The van der Waals surface area contributed by atoms with Gasteiger partial charge in [0.2, 0.25) is 0 Å². The van der Waals surface area contributed by atoms with Crippen molar-refractivity contribution in [3.63, 3.8) is 0 Å². The predicted molar refractivity (Wildman–Crippen MR) is 98.7 cm³/mol. The van der Waals surface area contributed by atoms with Crippen LogP contribution in [0.2, 0.25) is 0 Å². The lowest BCUT2D eigenvalue weighted by Gasteiger charge is -2.10. The van der Waals surface area contributed by atoms with Crippen molar-refractivity contribution in [3.8, 4) is 11.5 Å². The molecule has 0 aliphatic heterocycles. The summed E-state index contributed by atoms with van der Waals surface area (Å²) in [5.41, 5.74) is 0.688. The van der Waals surface area contributed by atoms with Crippen molar-refractivity contribution in [2.24, 2.45) is 0 Å². The maximum absolute atomic E-state index is 11.7. The summed E-state index contributed by atoms with van der Waals surface area (Å²) in [6.45, 7) is 4.02. The first-order chi connectivity index (χ1) is 12.5. The van der Waals surface area contributed by atoms with Gasteiger partial charge in [0.05, 0.1) is 24.3 Å². The molecule has 0 saturated carbocycles. The normalized spacial score (nSPS) is 9.92. The molecule has 0 amide bonds. The van der Waals surface area contributed by atoms with Gasteiger partial charge in [0.1, 0.15) is 11.5 Å². The molecule has 0 atom stereocenters. The zero-order chi connectivity index (χ0) is 18.9. The van der Waals surface area contributed by atoms with Crippen LogP contribution in [0.1, 0.15) is 34.6 Å². The first-order valence-corrected chi connectivity index (χ1v) is 8.38. The van der Waals surface area contributed by atoms with Crippen molar-refractivity contribution in [3.05, 3.63) is 59.7 Å². The van der Waals surface area contributed by atoms with Gasteiger partial charge in [-0.05, 0) is 50.2 Å². The Bertz CT molecular complexity index is 737. The van der Waals surface area contributed by atoms with Crippen molar-refractivity contribution >= 4 is 29.4 Å². The molecule has 0 bridgehead atoms. The van der Waals surface area contributed by atoms with Crippen LogP contribution in [0.25, 0.3) is 0 Å². The van der Waals surface area contributed by atoms with Crippen LogP contribution in [0, 0.1) is 0 Å². The Morgan fingerprint density at radius 3 is 1.62 bits per heavy atom. The number of carbonyl (C=O) groups is 2. The van der Waals surface area contributed by atoms with Crippen LogP contribution in [0.5, 0.6) is 11.5 Å². The number of benzene rings is 2. The number of esters is 2. The molecule has 0 spiro atoms. The van der Waals surface area contributed by atoms with E-state index in [2.05, 4.69) is 0 Å². The van der Waals surface area contributed by atoms with Crippen LogP contribution in [0.4, 0.5) is 0 Å². The fourth-order valence-electron chi connectivity index (χ4n) is 2.02. The first kappa shape index (κ1) is 19.4. The molecule has 2 rings (SSSR count). The summed E-state index contributed by atoms with van der Waals surface area (Å²) in [5, 5.41) is -0.174. The summed E-state index contributed by atoms with van der Waals surface area (Å²) in [5.74, 6) is -0.233. The van der Waals surface area contributed by atoms with Gasteiger partial charge in [-0.15, -0.1) is 0 Å². The van der Waals surface area contributed by atoms with Gasteiger partial charge in [-0.25, -0.2) is 9.59 Å². The largest absolute Gasteiger partial charge is 0.462 e. The second-order valence-corrected chi connectivity index (χ2v) is 5.28. The molecule has 0 aromatic heterocycles. The average Bonchev–Trinajstić information content (AvgIpc) is 2.62. The zero-order valence-corrected chi connectivity index (χ0v) is 15.2. The maximum atomic E-state index is 11.7. The van der Waals surface area contributed by atoms with E-state index < -0.39 is 11.9 Å². The van der Waals surface area contributed by atoms with Gasteiger partial charge >= 0.3 is 17.2 Å². The summed E-state index contributed by atoms with van der Waals surface area (Å²) in [7, 11) is 0. The van der Waals surface area contributed by atoms with E-state index in [0.717, 1.165) is 0 Å². The van der Waals surface area contributed by atoms with E-state index in [1.54, 1.807) is 50.2 Å². The highest BCUT2D eigenvalue weighted by atomic mass is 32.1. The second kappa shape index (κ2) is 9.53. The van der Waals surface area contributed by atoms with E-state index in [1.165, 1.54) is 12.1 Å². The Kier molecular flexibility index (Phi) is 7.11. The fourth-order valence-corrected chi connectivity index (χ4v) is 2.21. The van der Waals surface area contributed by atoms with Gasteiger partial charge in [0.25, 0.3) is 0 Å². The number of hydrogen-bond donors (Lipinski definition) is 0. The van der Waals surface area contributed by atoms with Crippen LogP contribution < -0.4 is 9.47 Å². The number of thiocarbonyl (C=S) groups is 1. The highest BCUT2D eigenvalue weighted by Crippen LogP contribution is 2.18. The summed E-state index contributed by atoms with van der Waals surface area (Å²) < 4.78 is 20.7. The molecule has 7 heteroatoms. The van der Waals surface area contributed by atoms with Crippen LogP contribution in [0.15, 0.2) is 48.5 Å². The van der Waals surface area contributed by atoms with Gasteiger partial charge in [-0.3, -0.25) is 0 Å². The Hall–Kier alpha value is -2.93. The molecule has 2 aromatic rings. The SMILES string of the molecule is CCOC(=O)c1cccc(OC(=S)Oc2cccc(C(=O)OCC)c2)c1. The van der Waals surface area contributed by atoms with Gasteiger partial charge in [-0.2, -0.15) is 0 Å². The zero-order valence-electron chi connectivity index (χ0n) is 14.4. The molecule has 0 saturated heterocycles. The van der Waals surface area contributed by atoms with Crippen LogP contribution in [-0.2, 0) is 9.47 Å². The molecule has 0 heterocycles. The molecule has 0 unspecified atom stereocenters. The molecule has 0 aliphatic carbocycles. The van der Waals surface area contributed by atoms with Crippen molar-refractivity contribution in [2.45, 2.75) is 13.8 Å². The number of ether oxygens (including phenoxy) is 4. The minimum absolute atomic E-state index is 0.174. The fraction of sp³-hybridized carbons (Fsp3) is 0.211. The Balaban J connectivity index is 2.03. The molecule has 0 aliphatic rings. The molecule has 136 valence electrons. The highest BCUT2D eigenvalue weighted by molar-refractivity contribution is 7.79. The average molecular weight is 374 g/mol. The minimum atomic E-state index is -0.452. The Morgan fingerprint density at radius 2 is 1.23 bits per heavy atom. The summed E-state index contributed by atoms with van der Waals surface area (Å²) in [4.78, 5) is 23.5. The van der Waals surface area contributed by atoms with Gasteiger partial charge in [-0.1, -0.05) is 12.1 Å². The van der Waals surface area contributed by atoms with Gasteiger partial charge < -0.3 is 18.9 Å². The standard InChI is InChI=1S/C19H18O6S/c1-3-22-17(20)13-7-5-9-15(11-13)24-19(26)25-16-10-6-8-14(12-16)18(21)23-4-2/h5-12H,3-4H2,1-2H3. The monoisotopic (exact) mass is 374 g/mol. The summed E-state index contributed by atoms with van der Waals surface area (Å²) in [6.07, 6.45) is 0. The van der Waals surface area contributed by atoms with Crippen molar-refractivity contribution in [2.75, 3.05) is 13.2 Å². The topological polar surface area (TPSA) is 71.1 Å². The Labute approximate surface area is 156 Å². The van der Waals surface area contributed by atoms with Crippen molar-refractivity contribution < 1.29 is 28.5 Å². The van der Waals surface area contributed by atoms with E-state index in [0.29, 0.717) is 22.6 Å². The molecular formula is C19H18O6S. The maximum Gasteiger partial charge on any atom is 0.363 e. The summed E-state index contributed by atoms with van der Waals surface area (Å²) in [6, 6.07) is 12.8. The first-order valence-electron chi connectivity index (χ1n) is 7.97. The highest BCUT2D eigenvalue weighted by Gasteiger charge is 2.11. The lowest BCUT2D eigenvalue weighted by molar-refractivity contribution is 0.0516. The van der Waals surface area contributed by atoms with E-state index in [-0.39, 0.29) is 18.5 Å². The minimum Gasteiger partial charge on any atom is -0.462 e. The molecule has 26 heavy (non-hydrogen) atoms. The Morgan fingerprint density at radius 1 is 0.808 bits per heavy atom. The van der Waals surface area contributed by atoms with Crippen molar-refractivity contribution in [1.82, 2.24) is 0 Å². The van der Waals surface area contributed by atoms with E-state index >= 15 is 0 Å². The van der Waals surface area contributed by atoms with E-state index in [1.807, 2.05) is 0 Å². The van der Waals surface area contributed by atoms with Crippen LogP contribution in [0.3, 0.4) is 0 Å². The lowest BCUT2D eigenvalue weighted by Crippen LogP contribution is -2.14. The predicted octanol–water partition coefficient (Wildman–Crippen LogP) is 3.78. The number of hydrogen-bond acceptors (Lipinski definition) is 7. The molecule has 0 N–H and O–H groups in total. The molecule has 0 radical (unpaired) electrons. The third-order valence-corrected chi connectivity index (χ3v) is 3.26. The third-order valence-electron chi connectivity index (χ3n) is 3.09. The molecular weight excluding hydrogens is 356 g/mol. The number of rotatable bonds is 6. The van der Waals surface area contributed by atoms with Crippen molar-refractivity contribution in [1.29, 1.82) is 0 Å². The van der Waals surface area contributed by atoms with Gasteiger partial charge in [0, 0.05) is 12.2 Å². The van der Waals surface area contributed by atoms with Crippen LogP contribution in [-0.4, -0.2) is 30.4 Å². The van der Waals surface area contributed by atoms with Gasteiger partial charge in [0.15, 0.2) is 0 Å². The lowest BCUT2D eigenvalue weighted by atomic mass is 10.2. The third kappa shape index (κ3) is 5.56. The van der Waals surface area contributed by atoms with E-state index in [4.69, 9.17) is 31.2 Å². The quantitative estimate of drug-likeness (QED) is 0.563. The molecule has 2 aromatic carbocycles. The molecule has 0 fully saturated rings. The molecule has 6 nitrogen and oxygen atoms in total. The smallest absolute Gasteiger partial charge is 0.363 e.